The molecule has 0 unspecified atom stereocenters. The highest BCUT2D eigenvalue weighted by Crippen LogP contribution is 2.35. The van der Waals surface area contributed by atoms with Gasteiger partial charge in [0.1, 0.15) is 18.1 Å². The van der Waals surface area contributed by atoms with Gasteiger partial charge in [0.05, 0.1) is 32.1 Å². The molecule has 0 saturated carbocycles. The molecule has 2 aliphatic rings. The second kappa shape index (κ2) is 14.9. The van der Waals surface area contributed by atoms with Gasteiger partial charge in [0, 0.05) is 50.7 Å². The van der Waals surface area contributed by atoms with Crippen LogP contribution in [0.25, 0.3) is 0 Å². The van der Waals surface area contributed by atoms with E-state index >= 15 is 0 Å². The van der Waals surface area contributed by atoms with Crippen LogP contribution in [0.1, 0.15) is 63.5 Å². The Labute approximate surface area is 246 Å². The third-order valence-corrected chi connectivity index (χ3v) is 8.06. The first-order valence-corrected chi connectivity index (χ1v) is 15.1. The predicted octanol–water partition coefficient (Wildman–Crippen LogP) is 4.90. The summed E-state index contributed by atoms with van der Waals surface area (Å²) in [5, 5.41) is 6.81. The Kier molecular flexibility index (Phi) is 11.3. The molecule has 226 valence electrons. The van der Waals surface area contributed by atoms with Crippen molar-refractivity contribution in [3.8, 4) is 11.5 Å². The summed E-state index contributed by atoms with van der Waals surface area (Å²) < 4.78 is 23.2. The van der Waals surface area contributed by atoms with Gasteiger partial charge in [-0.05, 0) is 61.1 Å². The number of anilines is 1. The fourth-order valence-corrected chi connectivity index (χ4v) is 5.62. The number of benzene rings is 2. The summed E-state index contributed by atoms with van der Waals surface area (Å²) >= 11 is 0. The van der Waals surface area contributed by atoms with Gasteiger partial charge in [-0.15, -0.1) is 0 Å². The maximum atomic E-state index is 12.2. The number of nitrogens with zero attached hydrogens (tertiary/aromatic N) is 1. The number of amides is 1. The zero-order valence-electron chi connectivity index (χ0n) is 25.5. The highest BCUT2D eigenvalue weighted by Gasteiger charge is 2.32. The van der Waals surface area contributed by atoms with Crippen molar-refractivity contribution < 1.29 is 23.7 Å². The number of nitrogens with one attached hydrogen (secondary N) is 2. The number of carbonyl (C=O) groups excluding carboxylic acids is 1. The van der Waals surface area contributed by atoms with Gasteiger partial charge in [0.2, 0.25) is 5.91 Å². The van der Waals surface area contributed by atoms with E-state index in [-0.39, 0.29) is 23.3 Å². The minimum Gasteiger partial charge on any atom is -0.497 e. The molecule has 0 bridgehead atoms. The van der Waals surface area contributed by atoms with Crippen LogP contribution in [0.5, 0.6) is 11.5 Å². The van der Waals surface area contributed by atoms with E-state index in [1.54, 1.807) is 14.2 Å². The zero-order chi connectivity index (χ0) is 29.2. The molecule has 1 saturated heterocycles. The number of hydrogen-bond donors (Lipinski definition) is 2. The summed E-state index contributed by atoms with van der Waals surface area (Å²) in [7, 11) is 3.44. The van der Waals surface area contributed by atoms with E-state index in [1.807, 2.05) is 32.9 Å². The highest BCUT2D eigenvalue weighted by atomic mass is 16.5. The normalized spacial score (nSPS) is 20.7. The largest absolute Gasteiger partial charge is 0.497 e. The van der Waals surface area contributed by atoms with Crippen molar-refractivity contribution in [1.82, 2.24) is 10.6 Å². The van der Waals surface area contributed by atoms with Crippen molar-refractivity contribution in [3.63, 3.8) is 0 Å². The van der Waals surface area contributed by atoms with Crippen LogP contribution in [-0.2, 0) is 20.9 Å². The molecule has 0 radical (unpaired) electrons. The Bertz CT molecular complexity index is 1100. The van der Waals surface area contributed by atoms with Crippen molar-refractivity contribution in [2.75, 3.05) is 58.5 Å². The Morgan fingerprint density at radius 1 is 1.12 bits per heavy atom. The van der Waals surface area contributed by atoms with Crippen molar-refractivity contribution in [2.24, 2.45) is 5.41 Å². The van der Waals surface area contributed by atoms with Gasteiger partial charge < -0.3 is 34.5 Å². The van der Waals surface area contributed by atoms with Crippen molar-refractivity contribution in [1.29, 1.82) is 0 Å². The molecule has 8 nitrogen and oxygen atoms in total. The molecule has 0 aliphatic carbocycles. The second-order valence-corrected chi connectivity index (χ2v) is 12.2. The van der Waals surface area contributed by atoms with Crippen LogP contribution in [0, 0.1) is 5.41 Å². The van der Waals surface area contributed by atoms with E-state index < -0.39 is 0 Å². The van der Waals surface area contributed by atoms with E-state index in [0.717, 1.165) is 74.7 Å². The van der Waals surface area contributed by atoms with Crippen LogP contribution < -0.4 is 25.0 Å². The van der Waals surface area contributed by atoms with Gasteiger partial charge in [0.25, 0.3) is 0 Å². The first-order chi connectivity index (χ1) is 19.8. The molecule has 2 heterocycles. The van der Waals surface area contributed by atoms with Gasteiger partial charge in [0.15, 0.2) is 0 Å². The van der Waals surface area contributed by atoms with Crippen LogP contribution in [-0.4, -0.2) is 71.7 Å². The van der Waals surface area contributed by atoms with E-state index in [4.69, 9.17) is 18.9 Å². The smallest absolute Gasteiger partial charge is 0.225 e. The minimum absolute atomic E-state index is 0.0466. The van der Waals surface area contributed by atoms with Gasteiger partial charge >= 0.3 is 0 Å². The monoisotopic (exact) mass is 567 g/mol. The van der Waals surface area contributed by atoms with Crippen molar-refractivity contribution in [2.45, 2.75) is 71.1 Å². The standard InChI is InChI=1S/C33H49N3O5/c1-33(2,3)32(37)34-15-6-8-26-21-28(25-10-12-27(39-5)13-11-25)31(22-35-26)41-23-24-9-14-30-29(20-24)36(17-19-40-30)16-7-18-38-4/h9-14,20,26,28,31,35H,6-8,15-19,21-23H2,1-5H3,(H,34,37)/t26-,28-,31+/m1/s1. The summed E-state index contributed by atoms with van der Waals surface area (Å²) in [6.07, 6.45) is 3.96. The highest BCUT2D eigenvalue weighted by molar-refractivity contribution is 5.81. The average Bonchev–Trinajstić information content (AvgIpc) is 2.98. The van der Waals surface area contributed by atoms with Crippen molar-refractivity contribution in [3.05, 3.63) is 53.6 Å². The molecule has 2 N–H and O–H groups in total. The van der Waals surface area contributed by atoms with Crippen molar-refractivity contribution >= 4 is 11.6 Å². The summed E-state index contributed by atoms with van der Waals surface area (Å²) in [5.74, 6) is 2.17. The van der Waals surface area contributed by atoms with Gasteiger partial charge in [-0.1, -0.05) is 39.0 Å². The summed E-state index contributed by atoms with van der Waals surface area (Å²) in [6, 6.07) is 15.2. The predicted molar refractivity (Wildman–Crippen MR) is 163 cm³/mol. The van der Waals surface area contributed by atoms with Gasteiger partial charge in [-0.2, -0.15) is 0 Å². The molecular weight excluding hydrogens is 518 g/mol. The SMILES string of the molecule is COCCCN1CCOc2ccc(CO[C@H]3CN[C@H](CCCNC(=O)C(C)(C)C)C[C@@H]3c3ccc(OC)cc3)cc21. The first kappa shape index (κ1) is 31.1. The van der Waals surface area contributed by atoms with E-state index in [1.165, 1.54) is 5.56 Å². The first-order valence-electron chi connectivity index (χ1n) is 15.1. The molecule has 4 rings (SSSR count). The topological polar surface area (TPSA) is 81.3 Å². The van der Waals surface area contributed by atoms with Crippen LogP contribution >= 0.6 is 0 Å². The quantitative estimate of drug-likeness (QED) is 0.333. The Balaban J connectivity index is 1.38. The molecule has 1 amide bonds. The number of carbonyl (C=O) groups is 1. The maximum absolute atomic E-state index is 12.2. The fourth-order valence-electron chi connectivity index (χ4n) is 5.62. The van der Waals surface area contributed by atoms with Crippen LogP contribution in [0.4, 0.5) is 5.69 Å². The van der Waals surface area contributed by atoms with Crippen LogP contribution in [0.2, 0.25) is 0 Å². The number of hydrogen-bond acceptors (Lipinski definition) is 7. The third-order valence-electron chi connectivity index (χ3n) is 8.06. The maximum Gasteiger partial charge on any atom is 0.225 e. The minimum atomic E-state index is -0.361. The summed E-state index contributed by atoms with van der Waals surface area (Å²) in [6.45, 7) is 11.2. The number of ether oxygens (including phenoxy) is 4. The Hall–Kier alpha value is -2.81. The van der Waals surface area contributed by atoms with E-state index in [2.05, 4.69) is 45.9 Å². The molecule has 0 spiro atoms. The lowest BCUT2D eigenvalue weighted by Gasteiger charge is -2.37. The second-order valence-electron chi connectivity index (χ2n) is 12.2. The molecule has 8 heteroatoms. The zero-order valence-corrected chi connectivity index (χ0v) is 25.5. The summed E-state index contributed by atoms with van der Waals surface area (Å²) in [4.78, 5) is 14.6. The Morgan fingerprint density at radius 3 is 2.66 bits per heavy atom. The molecule has 2 aromatic carbocycles. The number of rotatable bonds is 13. The number of methoxy groups -OCH3 is 2. The molecule has 2 aromatic rings. The van der Waals surface area contributed by atoms with Crippen LogP contribution in [0.15, 0.2) is 42.5 Å². The lowest BCUT2D eigenvalue weighted by molar-refractivity contribution is -0.128. The van der Waals surface area contributed by atoms with E-state index in [9.17, 15) is 4.79 Å². The number of piperidine rings is 1. The fraction of sp³-hybridized carbons (Fsp3) is 0.606. The summed E-state index contributed by atoms with van der Waals surface area (Å²) in [5.41, 5.74) is 3.20. The lowest BCUT2D eigenvalue weighted by Crippen LogP contribution is -2.47. The molecular formula is C33H49N3O5. The third kappa shape index (κ3) is 8.84. The molecule has 0 aromatic heterocycles. The van der Waals surface area contributed by atoms with Crippen LogP contribution in [0.3, 0.4) is 0 Å². The molecule has 2 aliphatic heterocycles. The molecule has 41 heavy (non-hydrogen) atoms. The number of fused-ring (bicyclic) bond motifs is 1. The Morgan fingerprint density at radius 2 is 1.93 bits per heavy atom. The van der Waals surface area contributed by atoms with Gasteiger partial charge in [-0.25, -0.2) is 0 Å². The lowest BCUT2D eigenvalue weighted by atomic mass is 9.83. The molecule has 1 fully saturated rings. The van der Waals surface area contributed by atoms with E-state index in [0.29, 0.717) is 25.8 Å². The average molecular weight is 568 g/mol. The van der Waals surface area contributed by atoms with Gasteiger partial charge in [-0.3, -0.25) is 4.79 Å². The molecule has 3 atom stereocenters.